The number of amides is 1. The molecule has 1 aliphatic rings. The van der Waals surface area contributed by atoms with E-state index in [0.717, 1.165) is 29.4 Å². The van der Waals surface area contributed by atoms with E-state index in [-0.39, 0.29) is 18.9 Å². The predicted octanol–water partition coefficient (Wildman–Crippen LogP) is 2.72. The van der Waals surface area contributed by atoms with Crippen LogP contribution in [0.25, 0.3) is 10.9 Å². The monoisotopic (exact) mass is 342 g/mol. The summed E-state index contributed by atoms with van der Waals surface area (Å²) in [6.07, 6.45) is 1.96. The fourth-order valence-corrected chi connectivity index (χ4v) is 3.10. The minimum atomic E-state index is -0.988. The zero-order valence-corrected chi connectivity index (χ0v) is 14.4. The number of carbonyl (C=O) groups is 2. The van der Waals surface area contributed by atoms with Gasteiger partial charge in [0.2, 0.25) is 0 Å². The number of rotatable bonds is 7. The van der Waals surface area contributed by atoms with Crippen LogP contribution in [-0.2, 0) is 9.53 Å². The summed E-state index contributed by atoms with van der Waals surface area (Å²) in [5, 5.41) is 12.8. The molecular weight excluding hydrogens is 320 g/mol. The molecule has 1 saturated carbocycles. The normalized spacial score (nSPS) is 16.4. The molecule has 1 amide bonds. The van der Waals surface area contributed by atoms with Crippen LogP contribution in [0.4, 0.5) is 0 Å². The fraction of sp³-hybridized carbons (Fsp3) is 0.421. The summed E-state index contributed by atoms with van der Waals surface area (Å²) in [7, 11) is 1.49. The SMILES string of the molecule is COCC(C)(CC(=O)O)NC(=O)c1cc(C2CC2)nc2ccccc12. The Labute approximate surface area is 146 Å². The molecule has 0 bridgehead atoms. The van der Waals surface area contributed by atoms with Gasteiger partial charge in [0.1, 0.15) is 0 Å². The summed E-state index contributed by atoms with van der Waals surface area (Å²) in [6, 6.07) is 9.35. The number of carboxylic acids is 1. The van der Waals surface area contributed by atoms with Crippen molar-refractivity contribution in [1.29, 1.82) is 0 Å². The summed E-state index contributed by atoms with van der Waals surface area (Å²) in [6.45, 7) is 1.79. The van der Waals surface area contributed by atoms with E-state index in [0.29, 0.717) is 11.5 Å². The zero-order valence-electron chi connectivity index (χ0n) is 14.4. The van der Waals surface area contributed by atoms with Gasteiger partial charge in [-0.1, -0.05) is 18.2 Å². The summed E-state index contributed by atoms with van der Waals surface area (Å²) in [5.41, 5.74) is 1.25. The number of aliphatic carboxylic acids is 1. The van der Waals surface area contributed by atoms with Gasteiger partial charge in [0.05, 0.1) is 29.6 Å². The molecule has 0 aliphatic heterocycles. The highest BCUT2D eigenvalue weighted by molar-refractivity contribution is 6.06. The van der Waals surface area contributed by atoms with E-state index < -0.39 is 11.5 Å². The number of ether oxygens (including phenoxy) is 1. The Morgan fingerprint density at radius 2 is 2.08 bits per heavy atom. The summed E-state index contributed by atoms with van der Waals surface area (Å²) in [5.74, 6) is -0.875. The molecule has 1 heterocycles. The van der Waals surface area contributed by atoms with Crippen molar-refractivity contribution >= 4 is 22.8 Å². The van der Waals surface area contributed by atoms with Crippen molar-refractivity contribution in [3.63, 3.8) is 0 Å². The van der Waals surface area contributed by atoms with Gasteiger partial charge in [-0.2, -0.15) is 0 Å². The number of pyridine rings is 1. The lowest BCUT2D eigenvalue weighted by Crippen LogP contribution is -2.50. The lowest BCUT2D eigenvalue weighted by atomic mass is 9.97. The van der Waals surface area contributed by atoms with Gasteiger partial charge in [0.25, 0.3) is 5.91 Å². The molecule has 0 radical (unpaired) electrons. The first-order chi connectivity index (χ1) is 11.9. The number of fused-ring (bicyclic) bond motifs is 1. The van der Waals surface area contributed by atoms with E-state index in [1.54, 1.807) is 6.92 Å². The van der Waals surface area contributed by atoms with E-state index in [1.807, 2.05) is 30.3 Å². The van der Waals surface area contributed by atoms with Gasteiger partial charge in [0, 0.05) is 24.1 Å². The van der Waals surface area contributed by atoms with Crippen LogP contribution >= 0.6 is 0 Å². The highest BCUT2D eigenvalue weighted by atomic mass is 16.5. The molecule has 132 valence electrons. The second-order valence-electron chi connectivity index (χ2n) is 6.90. The summed E-state index contributed by atoms with van der Waals surface area (Å²) in [4.78, 5) is 28.8. The number of nitrogens with zero attached hydrogens (tertiary/aromatic N) is 1. The molecule has 2 N–H and O–H groups in total. The standard InChI is InChI=1S/C19H22N2O4/c1-19(11-25-2,10-17(22)23)21-18(24)14-9-16(12-7-8-12)20-15-6-4-3-5-13(14)15/h3-6,9,12H,7-8,10-11H2,1-2H3,(H,21,24)(H,22,23). The number of methoxy groups -OCH3 is 1. The van der Waals surface area contributed by atoms with E-state index in [2.05, 4.69) is 10.3 Å². The highest BCUT2D eigenvalue weighted by Gasteiger charge is 2.32. The smallest absolute Gasteiger partial charge is 0.305 e. The first-order valence-electron chi connectivity index (χ1n) is 8.35. The molecule has 25 heavy (non-hydrogen) atoms. The van der Waals surface area contributed by atoms with Gasteiger partial charge in [-0.3, -0.25) is 14.6 Å². The van der Waals surface area contributed by atoms with Gasteiger partial charge >= 0.3 is 5.97 Å². The quantitative estimate of drug-likeness (QED) is 0.808. The molecule has 1 atom stereocenters. The van der Waals surface area contributed by atoms with E-state index in [9.17, 15) is 9.59 Å². The Balaban J connectivity index is 1.96. The Kier molecular flexibility index (Phi) is 4.72. The van der Waals surface area contributed by atoms with Crippen LogP contribution < -0.4 is 5.32 Å². The first-order valence-corrected chi connectivity index (χ1v) is 8.35. The third-order valence-corrected chi connectivity index (χ3v) is 4.40. The van der Waals surface area contributed by atoms with E-state index >= 15 is 0 Å². The van der Waals surface area contributed by atoms with Crippen molar-refractivity contribution in [3.05, 3.63) is 41.6 Å². The van der Waals surface area contributed by atoms with Crippen LogP contribution in [0.15, 0.2) is 30.3 Å². The molecule has 1 aromatic heterocycles. The third-order valence-electron chi connectivity index (χ3n) is 4.40. The van der Waals surface area contributed by atoms with Gasteiger partial charge in [0.15, 0.2) is 0 Å². The molecule has 1 aromatic carbocycles. The summed E-state index contributed by atoms with van der Waals surface area (Å²) < 4.78 is 5.11. The van der Waals surface area contributed by atoms with Crippen molar-refractivity contribution in [2.24, 2.45) is 0 Å². The van der Waals surface area contributed by atoms with Crippen LogP contribution in [0, 0.1) is 0 Å². The Morgan fingerprint density at radius 1 is 1.36 bits per heavy atom. The van der Waals surface area contributed by atoms with E-state index in [1.165, 1.54) is 7.11 Å². The second-order valence-corrected chi connectivity index (χ2v) is 6.90. The Bertz CT molecular complexity index is 816. The maximum atomic E-state index is 12.9. The Morgan fingerprint density at radius 3 is 2.72 bits per heavy atom. The van der Waals surface area contributed by atoms with Crippen molar-refractivity contribution in [2.75, 3.05) is 13.7 Å². The number of aromatic nitrogens is 1. The lowest BCUT2D eigenvalue weighted by Gasteiger charge is -2.28. The number of carbonyl (C=O) groups excluding carboxylic acids is 1. The van der Waals surface area contributed by atoms with Crippen LogP contribution in [0.1, 0.15) is 48.2 Å². The van der Waals surface area contributed by atoms with Crippen LogP contribution in [0.3, 0.4) is 0 Å². The minimum Gasteiger partial charge on any atom is -0.481 e. The third kappa shape index (κ3) is 3.96. The van der Waals surface area contributed by atoms with Crippen LogP contribution in [0.5, 0.6) is 0 Å². The lowest BCUT2D eigenvalue weighted by molar-refractivity contribution is -0.139. The number of nitrogens with one attached hydrogen (secondary N) is 1. The molecule has 0 saturated heterocycles. The van der Waals surface area contributed by atoms with Crippen molar-refractivity contribution in [2.45, 2.75) is 37.6 Å². The van der Waals surface area contributed by atoms with Crippen LogP contribution in [-0.4, -0.2) is 41.2 Å². The van der Waals surface area contributed by atoms with Gasteiger partial charge in [-0.25, -0.2) is 0 Å². The molecule has 3 rings (SSSR count). The van der Waals surface area contributed by atoms with Gasteiger partial charge in [-0.05, 0) is 31.9 Å². The zero-order chi connectivity index (χ0) is 18.0. The fourth-order valence-electron chi connectivity index (χ4n) is 3.10. The first kappa shape index (κ1) is 17.4. The minimum absolute atomic E-state index is 0.115. The summed E-state index contributed by atoms with van der Waals surface area (Å²) >= 11 is 0. The molecule has 0 spiro atoms. The van der Waals surface area contributed by atoms with Crippen molar-refractivity contribution in [1.82, 2.24) is 10.3 Å². The number of hydrogen-bond acceptors (Lipinski definition) is 4. The molecule has 1 unspecified atom stereocenters. The van der Waals surface area contributed by atoms with Crippen molar-refractivity contribution in [3.8, 4) is 0 Å². The topological polar surface area (TPSA) is 88.5 Å². The molecule has 6 nitrogen and oxygen atoms in total. The molecule has 6 heteroatoms. The number of benzene rings is 1. The molecule has 1 fully saturated rings. The van der Waals surface area contributed by atoms with Gasteiger partial charge < -0.3 is 15.2 Å². The Hall–Kier alpha value is -2.47. The average molecular weight is 342 g/mol. The maximum Gasteiger partial charge on any atom is 0.305 e. The largest absolute Gasteiger partial charge is 0.481 e. The highest BCUT2D eigenvalue weighted by Crippen LogP contribution is 2.40. The number of carboxylic acid groups (broad SMARTS) is 1. The molecule has 2 aromatic rings. The predicted molar refractivity (Wildman–Crippen MR) is 93.7 cm³/mol. The second kappa shape index (κ2) is 6.80. The van der Waals surface area contributed by atoms with Gasteiger partial charge in [-0.15, -0.1) is 0 Å². The molecular formula is C19H22N2O4. The number of para-hydroxylation sites is 1. The maximum absolute atomic E-state index is 12.9. The van der Waals surface area contributed by atoms with E-state index in [4.69, 9.17) is 9.84 Å². The molecule has 1 aliphatic carbocycles. The average Bonchev–Trinajstić information content (AvgIpc) is 3.37. The number of hydrogen-bond donors (Lipinski definition) is 2. The van der Waals surface area contributed by atoms with Crippen LogP contribution in [0.2, 0.25) is 0 Å². The van der Waals surface area contributed by atoms with Crippen molar-refractivity contribution < 1.29 is 19.4 Å².